The van der Waals surface area contributed by atoms with Crippen molar-refractivity contribution in [2.24, 2.45) is 0 Å². The highest BCUT2D eigenvalue weighted by molar-refractivity contribution is 6.29. The zero-order valence-electron chi connectivity index (χ0n) is 13.1. The Morgan fingerprint density at radius 3 is 2.19 bits per heavy atom. The molecule has 27 heavy (non-hydrogen) atoms. The second-order valence-corrected chi connectivity index (χ2v) is 5.78. The molecule has 0 spiro atoms. The molecule has 3 aromatic heterocycles. The molecule has 0 saturated carbocycles. The topological polar surface area (TPSA) is 38.7 Å². The van der Waals surface area contributed by atoms with E-state index in [1.54, 1.807) is 0 Å². The van der Waals surface area contributed by atoms with E-state index >= 15 is 0 Å². The molecule has 3 rings (SSSR count). The number of aromatic nitrogens is 3. The van der Waals surface area contributed by atoms with Crippen LogP contribution in [-0.2, 0) is 12.4 Å². The number of rotatable bonds is 2. The molecule has 0 aromatic carbocycles. The van der Waals surface area contributed by atoms with E-state index in [9.17, 15) is 26.3 Å². The van der Waals surface area contributed by atoms with Gasteiger partial charge in [0, 0.05) is 23.5 Å². The van der Waals surface area contributed by atoms with Crippen LogP contribution in [0.1, 0.15) is 11.4 Å². The first kappa shape index (κ1) is 19.1. The van der Waals surface area contributed by atoms with Gasteiger partial charge in [0.15, 0.2) is 5.69 Å². The van der Waals surface area contributed by atoms with Gasteiger partial charge in [-0.25, -0.2) is 9.97 Å². The smallest absolute Gasteiger partial charge is 0.250 e. The van der Waals surface area contributed by atoms with E-state index in [4.69, 9.17) is 11.6 Å². The van der Waals surface area contributed by atoms with Gasteiger partial charge in [0.05, 0.1) is 5.69 Å². The highest BCUT2D eigenvalue weighted by atomic mass is 35.5. The molecule has 3 nitrogen and oxygen atoms in total. The first-order chi connectivity index (χ1) is 12.6. The Hall–Kier alpha value is -2.68. The molecule has 0 bridgehead atoms. The molecular formula is C17H8ClF6N3. The predicted octanol–water partition coefficient (Wildman–Crippen LogP) is 5.90. The Morgan fingerprint density at radius 1 is 0.815 bits per heavy atom. The highest BCUT2D eigenvalue weighted by Crippen LogP contribution is 2.38. The van der Waals surface area contributed by atoms with Gasteiger partial charge in [0.25, 0.3) is 0 Å². The zero-order chi connectivity index (χ0) is 19.8. The summed E-state index contributed by atoms with van der Waals surface area (Å²) in [5.74, 6) is 0. The molecule has 0 saturated heterocycles. The molecule has 10 heteroatoms. The monoisotopic (exact) mass is 403 g/mol. The fourth-order valence-corrected chi connectivity index (χ4v) is 2.55. The summed E-state index contributed by atoms with van der Waals surface area (Å²) in [6.45, 7) is 0. The van der Waals surface area contributed by atoms with Gasteiger partial charge in [0.1, 0.15) is 10.8 Å². The Morgan fingerprint density at radius 2 is 1.56 bits per heavy atom. The number of hydrogen-bond donors (Lipinski definition) is 0. The van der Waals surface area contributed by atoms with Gasteiger partial charge in [-0.3, -0.25) is 4.98 Å². The molecule has 3 heterocycles. The Labute approximate surface area is 153 Å². The van der Waals surface area contributed by atoms with Crippen molar-refractivity contribution in [2.75, 3.05) is 0 Å². The average molecular weight is 404 g/mol. The van der Waals surface area contributed by atoms with Gasteiger partial charge < -0.3 is 0 Å². The van der Waals surface area contributed by atoms with Gasteiger partial charge in [-0.05, 0) is 35.9 Å². The number of pyridine rings is 3. The van der Waals surface area contributed by atoms with Crippen LogP contribution in [0, 0.1) is 0 Å². The fourth-order valence-electron chi connectivity index (χ4n) is 2.37. The van der Waals surface area contributed by atoms with Crippen LogP contribution in [-0.4, -0.2) is 15.0 Å². The average Bonchev–Trinajstić information content (AvgIpc) is 2.60. The van der Waals surface area contributed by atoms with Crippen LogP contribution in [0.3, 0.4) is 0 Å². The maximum absolute atomic E-state index is 13.3. The molecule has 0 amide bonds. The van der Waals surface area contributed by atoms with Crippen molar-refractivity contribution in [3.8, 4) is 22.4 Å². The summed E-state index contributed by atoms with van der Waals surface area (Å²) in [4.78, 5) is 10.6. The molecule has 140 valence electrons. The Bertz CT molecular complexity index is 985. The molecule has 0 N–H and O–H groups in total. The molecule has 3 aromatic rings. The Kier molecular flexibility index (Phi) is 4.81. The molecule has 0 fully saturated rings. The van der Waals surface area contributed by atoms with Crippen molar-refractivity contribution in [3.63, 3.8) is 0 Å². The van der Waals surface area contributed by atoms with Gasteiger partial charge in [0.2, 0.25) is 0 Å². The number of hydrogen-bond acceptors (Lipinski definition) is 3. The normalized spacial score (nSPS) is 12.3. The van der Waals surface area contributed by atoms with Crippen molar-refractivity contribution < 1.29 is 26.3 Å². The number of halogens is 7. The van der Waals surface area contributed by atoms with Crippen molar-refractivity contribution >= 4 is 11.6 Å². The Balaban J connectivity index is 2.19. The van der Waals surface area contributed by atoms with Gasteiger partial charge in [-0.1, -0.05) is 17.7 Å². The summed E-state index contributed by atoms with van der Waals surface area (Å²) in [6, 6.07) is 6.71. The third-order valence-electron chi connectivity index (χ3n) is 3.53. The minimum absolute atomic E-state index is 0.00275. The largest absolute Gasteiger partial charge is 0.433 e. The van der Waals surface area contributed by atoms with E-state index in [-0.39, 0.29) is 27.5 Å². The van der Waals surface area contributed by atoms with Crippen molar-refractivity contribution in [1.82, 2.24) is 15.0 Å². The van der Waals surface area contributed by atoms with E-state index in [2.05, 4.69) is 15.0 Å². The second kappa shape index (κ2) is 6.80. The van der Waals surface area contributed by atoms with Crippen molar-refractivity contribution in [1.29, 1.82) is 0 Å². The van der Waals surface area contributed by atoms with E-state index in [1.807, 2.05) is 0 Å². The molecular weight excluding hydrogens is 396 g/mol. The molecule has 0 radical (unpaired) electrons. The lowest BCUT2D eigenvalue weighted by atomic mass is 10.0. The minimum atomic E-state index is -4.77. The van der Waals surface area contributed by atoms with E-state index < -0.39 is 23.7 Å². The fraction of sp³-hybridized carbons (Fsp3) is 0.118. The quantitative estimate of drug-likeness (QED) is 0.395. The van der Waals surface area contributed by atoms with Crippen LogP contribution in [0.4, 0.5) is 26.3 Å². The van der Waals surface area contributed by atoms with E-state index in [0.717, 1.165) is 24.4 Å². The standard InChI is InChI=1S/C17H8ClF6N3/c18-14-7-9(4-5-25-14)11-6-10(8-26-15(11)17(22,23)24)12-2-1-3-13(27-12)16(19,20)21/h1-8H. The van der Waals surface area contributed by atoms with Crippen LogP contribution in [0.5, 0.6) is 0 Å². The van der Waals surface area contributed by atoms with Crippen molar-refractivity contribution in [2.45, 2.75) is 12.4 Å². The van der Waals surface area contributed by atoms with Crippen LogP contribution >= 0.6 is 11.6 Å². The highest BCUT2D eigenvalue weighted by Gasteiger charge is 2.36. The minimum Gasteiger partial charge on any atom is -0.250 e. The van der Waals surface area contributed by atoms with Crippen LogP contribution < -0.4 is 0 Å². The van der Waals surface area contributed by atoms with E-state index in [1.165, 1.54) is 24.4 Å². The number of nitrogens with zero attached hydrogens (tertiary/aromatic N) is 3. The van der Waals surface area contributed by atoms with Gasteiger partial charge in [-0.15, -0.1) is 0 Å². The lowest BCUT2D eigenvalue weighted by molar-refractivity contribution is -0.141. The lowest BCUT2D eigenvalue weighted by Gasteiger charge is -2.14. The number of alkyl halides is 6. The first-order valence-corrected chi connectivity index (χ1v) is 7.67. The van der Waals surface area contributed by atoms with Crippen LogP contribution in [0.15, 0.2) is 48.8 Å². The lowest BCUT2D eigenvalue weighted by Crippen LogP contribution is -2.11. The summed E-state index contributed by atoms with van der Waals surface area (Å²) in [7, 11) is 0. The third kappa shape index (κ3) is 4.19. The van der Waals surface area contributed by atoms with Crippen LogP contribution in [0.2, 0.25) is 5.15 Å². The van der Waals surface area contributed by atoms with Crippen LogP contribution in [0.25, 0.3) is 22.4 Å². The summed E-state index contributed by atoms with van der Waals surface area (Å²) in [5, 5.41) is -0.0387. The van der Waals surface area contributed by atoms with Gasteiger partial charge >= 0.3 is 12.4 Å². The molecule has 0 aliphatic heterocycles. The molecule has 0 atom stereocenters. The summed E-state index contributed by atoms with van der Waals surface area (Å²) in [5.41, 5.74) is -2.79. The van der Waals surface area contributed by atoms with Crippen molar-refractivity contribution in [3.05, 3.63) is 65.3 Å². The second-order valence-electron chi connectivity index (χ2n) is 5.39. The maximum atomic E-state index is 13.3. The summed E-state index contributed by atoms with van der Waals surface area (Å²) >= 11 is 5.74. The summed E-state index contributed by atoms with van der Waals surface area (Å²) < 4.78 is 78.5. The summed E-state index contributed by atoms with van der Waals surface area (Å²) in [6.07, 6.45) is -7.41. The predicted molar refractivity (Wildman–Crippen MR) is 85.7 cm³/mol. The molecule has 0 unspecified atom stereocenters. The van der Waals surface area contributed by atoms with E-state index in [0.29, 0.717) is 0 Å². The van der Waals surface area contributed by atoms with Gasteiger partial charge in [-0.2, -0.15) is 26.3 Å². The SMILES string of the molecule is FC(F)(F)c1cccc(-c2cnc(C(F)(F)F)c(-c3ccnc(Cl)c3)c2)n1. The zero-order valence-corrected chi connectivity index (χ0v) is 13.9. The molecule has 0 aliphatic rings. The first-order valence-electron chi connectivity index (χ1n) is 7.29. The molecule has 0 aliphatic carbocycles. The maximum Gasteiger partial charge on any atom is 0.433 e. The third-order valence-corrected chi connectivity index (χ3v) is 3.74.